The van der Waals surface area contributed by atoms with Gasteiger partial charge >= 0.3 is 0 Å². The highest BCUT2D eigenvalue weighted by Crippen LogP contribution is 2.22. The number of carbonyl (C=O) groups excluding carboxylic acids is 2. The van der Waals surface area contributed by atoms with Crippen molar-refractivity contribution in [1.29, 1.82) is 5.26 Å². The number of nitriles is 1. The van der Waals surface area contributed by atoms with Crippen LogP contribution in [0.15, 0.2) is 30.3 Å². The summed E-state index contributed by atoms with van der Waals surface area (Å²) in [6.45, 7) is 8.40. The molecule has 2 amide bonds. The number of hydrogen-bond acceptors (Lipinski definition) is 4. The van der Waals surface area contributed by atoms with Gasteiger partial charge in [-0.15, -0.1) is 0 Å². The average Bonchev–Trinajstić information content (AvgIpc) is 2.78. The number of nitrogens with zero attached hydrogens (tertiary/aromatic N) is 4. The smallest absolute Gasteiger partial charge is 0.225 e. The molecule has 1 aromatic rings. The number of piperazine rings is 1. The van der Waals surface area contributed by atoms with E-state index in [1.165, 1.54) is 5.56 Å². The van der Waals surface area contributed by atoms with Gasteiger partial charge in [-0.1, -0.05) is 44.2 Å². The van der Waals surface area contributed by atoms with Crippen molar-refractivity contribution in [2.75, 3.05) is 39.3 Å². The second kappa shape index (κ2) is 10.6. The van der Waals surface area contributed by atoms with E-state index in [9.17, 15) is 14.9 Å². The SMILES string of the molecule is CC(C)C(C#N)N1CCN(C(=O)C2CCN(C(=O)CCc3ccccc3)CC2)CC1. The Kier molecular flexibility index (Phi) is 7.87. The van der Waals surface area contributed by atoms with Crippen molar-refractivity contribution in [3.63, 3.8) is 0 Å². The first kappa shape index (κ1) is 22.3. The predicted molar refractivity (Wildman–Crippen MR) is 116 cm³/mol. The van der Waals surface area contributed by atoms with E-state index in [0.29, 0.717) is 38.5 Å². The summed E-state index contributed by atoms with van der Waals surface area (Å²) in [7, 11) is 0. The van der Waals surface area contributed by atoms with Gasteiger partial charge in [-0.3, -0.25) is 14.5 Å². The number of benzene rings is 1. The van der Waals surface area contributed by atoms with Crippen LogP contribution >= 0.6 is 0 Å². The molecule has 1 aromatic carbocycles. The largest absolute Gasteiger partial charge is 0.343 e. The predicted octanol–water partition coefficient (Wildman–Crippen LogP) is 2.55. The second-order valence-electron chi connectivity index (χ2n) is 8.82. The monoisotopic (exact) mass is 410 g/mol. The maximum absolute atomic E-state index is 13.0. The standard InChI is InChI=1S/C24H34N4O2/c1-19(2)22(18-25)26-14-16-28(17-15-26)24(30)21-10-12-27(13-11-21)23(29)9-8-20-6-4-3-5-7-20/h3-7,19,21-22H,8-17H2,1-2H3. The lowest BCUT2D eigenvalue weighted by Gasteiger charge is -2.40. The van der Waals surface area contributed by atoms with Gasteiger partial charge in [0.15, 0.2) is 0 Å². The molecule has 3 rings (SSSR count). The summed E-state index contributed by atoms with van der Waals surface area (Å²) < 4.78 is 0. The summed E-state index contributed by atoms with van der Waals surface area (Å²) in [5.74, 6) is 0.728. The number of amides is 2. The minimum atomic E-state index is -0.0765. The highest BCUT2D eigenvalue weighted by molar-refractivity contribution is 5.80. The summed E-state index contributed by atoms with van der Waals surface area (Å²) >= 11 is 0. The van der Waals surface area contributed by atoms with Crippen molar-refractivity contribution >= 4 is 11.8 Å². The van der Waals surface area contributed by atoms with Crippen LogP contribution in [0.1, 0.15) is 38.7 Å². The van der Waals surface area contributed by atoms with Gasteiger partial charge in [0.2, 0.25) is 11.8 Å². The van der Waals surface area contributed by atoms with E-state index in [-0.39, 0.29) is 23.8 Å². The molecule has 1 unspecified atom stereocenters. The summed E-state index contributed by atoms with van der Waals surface area (Å²) in [5, 5.41) is 9.40. The molecule has 6 heteroatoms. The lowest BCUT2D eigenvalue weighted by molar-refractivity contribution is -0.142. The number of rotatable bonds is 6. The molecule has 2 aliphatic rings. The molecule has 0 spiro atoms. The number of piperidine rings is 1. The van der Waals surface area contributed by atoms with E-state index >= 15 is 0 Å². The van der Waals surface area contributed by atoms with Crippen LogP contribution in [0.3, 0.4) is 0 Å². The van der Waals surface area contributed by atoms with Crippen LogP contribution in [0.4, 0.5) is 0 Å². The van der Waals surface area contributed by atoms with Gasteiger partial charge in [-0.05, 0) is 30.7 Å². The molecule has 162 valence electrons. The Labute approximate surface area is 180 Å². The Morgan fingerprint density at radius 2 is 1.63 bits per heavy atom. The maximum atomic E-state index is 13.0. The van der Waals surface area contributed by atoms with Crippen LogP contribution in [0, 0.1) is 23.2 Å². The fourth-order valence-electron chi connectivity index (χ4n) is 4.56. The van der Waals surface area contributed by atoms with Crippen molar-refractivity contribution in [1.82, 2.24) is 14.7 Å². The minimum absolute atomic E-state index is 0.0200. The van der Waals surface area contributed by atoms with E-state index in [0.717, 1.165) is 32.4 Å². The molecular weight excluding hydrogens is 376 g/mol. The summed E-state index contributed by atoms with van der Waals surface area (Å²) in [4.78, 5) is 31.6. The third-order valence-electron chi connectivity index (χ3n) is 6.45. The summed E-state index contributed by atoms with van der Waals surface area (Å²) in [5.41, 5.74) is 1.19. The van der Waals surface area contributed by atoms with Crippen LogP contribution in [0.5, 0.6) is 0 Å². The van der Waals surface area contributed by atoms with Gasteiger partial charge in [-0.2, -0.15) is 5.26 Å². The molecule has 0 saturated carbocycles. The molecule has 1 atom stereocenters. The van der Waals surface area contributed by atoms with Gasteiger partial charge in [0.05, 0.1) is 6.07 Å². The normalized spacial score (nSPS) is 19.5. The maximum Gasteiger partial charge on any atom is 0.225 e. The van der Waals surface area contributed by atoms with Gasteiger partial charge < -0.3 is 9.80 Å². The molecule has 0 bridgehead atoms. The molecule has 2 saturated heterocycles. The molecule has 0 aliphatic carbocycles. The molecule has 0 radical (unpaired) electrons. The van der Waals surface area contributed by atoms with Gasteiger partial charge in [0, 0.05) is 51.6 Å². The Balaban J connectivity index is 1.41. The van der Waals surface area contributed by atoms with Crippen molar-refractivity contribution in [2.24, 2.45) is 11.8 Å². The van der Waals surface area contributed by atoms with Crippen LogP contribution in [-0.2, 0) is 16.0 Å². The third kappa shape index (κ3) is 5.60. The molecule has 0 N–H and O–H groups in total. The van der Waals surface area contributed by atoms with E-state index in [1.807, 2.05) is 28.0 Å². The number of likely N-dealkylation sites (tertiary alicyclic amines) is 1. The van der Waals surface area contributed by atoms with Crippen molar-refractivity contribution in [3.8, 4) is 6.07 Å². The highest BCUT2D eigenvalue weighted by atomic mass is 16.2. The Morgan fingerprint density at radius 1 is 1.00 bits per heavy atom. The van der Waals surface area contributed by atoms with Crippen molar-refractivity contribution in [3.05, 3.63) is 35.9 Å². The molecular formula is C24H34N4O2. The van der Waals surface area contributed by atoms with Gasteiger partial charge in [0.25, 0.3) is 0 Å². The van der Waals surface area contributed by atoms with E-state index < -0.39 is 0 Å². The first-order chi connectivity index (χ1) is 14.5. The zero-order chi connectivity index (χ0) is 21.5. The minimum Gasteiger partial charge on any atom is -0.343 e. The summed E-state index contributed by atoms with van der Waals surface area (Å²) in [6, 6.07) is 12.4. The quantitative estimate of drug-likeness (QED) is 0.723. The lowest BCUT2D eigenvalue weighted by atomic mass is 9.94. The molecule has 2 fully saturated rings. The van der Waals surface area contributed by atoms with Crippen LogP contribution in [0.2, 0.25) is 0 Å². The highest BCUT2D eigenvalue weighted by Gasteiger charge is 2.33. The van der Waals surface area contributed by atoms with E-state index in [4.69, 9.17) is 0 Å². The second-order valence-corrected chi connectivity index (χ2v) is 8.82. The molecule has 0 aromatic heterocycles. The van der Waals surface area contributed by atoms with Crippen molar-refractivity contribution < 1.29 is 9.59 Å². The molecule has 6 nitrogen and oxygen atoms in total. The zero-order valence-corrected chi connectivity index (χ0v) is 18.3. The third-order valence-corrected chi connectivity index (χ3v) is 6.45. The number of carbonyl (C=O) groups is 2. The van der Waals surface area contributed by atoms with E-state index in [1.54, 1.807) is 0 Å². The van der Waals surface area contributed by atoms with Gasteiger partial charge in [0.1, 0.15) is 6.04 Å². The topological polar surface area (TPSA) is 67.7 Å². The van der Waals surface area contributed by atoms with Crippen LogP contribution < -0.4 is 0 Å². The fourth-order valence-corrected chi connectivity index (χ4v) is 4.56. The Morgan fingerprint density at radius 3 is 2.20 bits per heavy atom. The Hall–Kier alpha value is -2.39. The van der Waals surface area contributed by atoms with E-state index in [2.05, 4.69) is 36.9 Å². The van der Waals surface area contributed by atoms with Crippen LogP contribution in [-0.4, -0.2) is 71.8 Å². The molecule has 30 heavy (non-hydrogen) atoms. The van der Waals surface area contributed by atoms with Gasteiger partial charge in [-0.25, -0.2) is 0 Å². The zero-order valence-electron chi connectivity index (χ0n) is 18.3. The van der Waals surface area contributed by atoms with Crippen molar-refractivity contribution in [2.45, 2.75) is 45.6 Å². The molecule has 2 aliphatic heterocycles. The Bertz CT molecular complexity index is 742. The first-order valence-corrected chi connectivity index (χ1v) is 11.2. The number of aryl methyl sites for hydroxylation is 1. The van der Waals surface area contributed by atoms with Crippen LogP contribution in [0.25, 0.3) is 0 Å². The first-order valence-electron chi connectivity index (χ1n) is 11.2. The molecule has 2 heterocycles. The summed E-state index contributed by atoms with van der Waals surface area (Å²) in [6.07, 6.45) is 2.80. The number of hydrogen-bond donors (Lipinski definition) is 0. The average molecular weight is 411 g/mol. The lowest BCUT2D eigenvalue weighted by Crippen LogP contribution is -2.54. The fraction of sp³-hybridized carbons (Fsp3) is 0.625.